The van der Waals surface area contributed by atoms with Crippen LogP contribution in [-0.2, 0) is 9.59 Å². The monoisotopic (exact) mass is 431 g/mol. The Bertz CT molecular complexity index is 955. The topological polar surface area (TPSA) is 112 Å². The Morgan fingerprint density at radius 3 is 2.66 bits per heavy atom. The number of aromatic hydroxyl groups is 1. The van der Waals surface area contributed by atoms with Crippen LogP contribution in [-0.4, -0.2) is 38.6 Å². The summed E-state index contributed by atoms with van der Waals surface area (Å²) in [6, 6.07) is 9.08. The lowest BCUT2D eigenvalue weighted by molar-refractivity contribution is -0.124. The molecule has 0 radical (unpaired) electrons. The minimum Gasteiger partial charge on any atom is -0.508 e. The van der Waals surface area contributed by atoms with Crippen LogP contribution in [0.2, 0.25) is 0 Å². The molecule has 1 aromatic heterocycles. The van der Waals surface area contributed by atoms with Crippen LogP contribution >= 0.6 is 24.0 Å². The number of thioether (sulfide) groups is 1. The molecule has 10 heteroatoms. The number of rotatable bonds is 6. The van der Waals surface area contributed by atoms with Crippen molar-refractivity contribution in [2.45, 2.75) is 12.8 Å². The lowest BCUT2D eigenvalue weighted by atomic mass is 10.2. The van der Waals surface area contributed by atoms with Crippen LogP contribution in [0, 0.1) is 0 Å². The summed E-state index contributed by atoms with van der Waals surface area (Å²) in [5.74, 6) is -0.515. The summed E-state index contributed by atoms with van der Waals surface area (Å²) in [7, 11) is 0. The number of hydrogen-bond donors (Lipinski definition) is 3. The van der Waals surface area contributed by atoms with Crippen molar-refractivity contribution in [3.63, 3.8) is 0 Å². The Labute approximate surface area is 175 Å². The van der Waals surface area contributed by atoms with E-state index in [-0.39, 0.29) is 18.1 Å². The van der Waals surface area contributed by atoms with Gasteiger partial charge < -0.3 is 9.52 Å². The molecule has 8 nitrogen and oxygen atoms in total. The number of hydrazine groups is 1. The van der Waals surface area contributed by atoms with Crippen LogP contribution in [0.5, 0.6) is 5.75 Å². The number of carbonyl (C=O) groups excluding carboxylic acids is 3. The first-order valence-corrected chi connectivity index (χ1v) is 9.83. The standard InChI is InChI=1S/C19H17N3O5S2/c23-13-7-5-12(6-8-13)17(25)21-20-16(24)4-1-9-22-18(26)15(29-19(22)28)11-14-3-2-10-27-14/h2-3,5-8,10-11,23H,1,4,9H2,(H,20,24)(H,21,25). The number of thiocarbonyl (C=S) groups is 1. The van der Waals surface area contributed by atoms with E-state index in [4.69, 9.17) is 16.6 Å². The molecule has 0 bridgehead atoms. The number of furan rings is 1. The second kappa shape index (κ2) is 9.39. The maximum Gasteiger partial charge on any atom is 0.269 e. The number of benzene rings is 1. The molecule has 3 amide bonds. The Morgan fingerprint density at radius 1 is 1.21 bits per heavy atom. The summed E-state index contributed by atoms with van der Waals surface area (Å²) in [5.41, 5.74) is 4.91. The van der Waals surface area contributed by atoms with Gasteiger partial charge in [-0.15, -0.1) is 0 Å². The summed E-state index contributed by atoms with van der Waals surface area (Å²) < 4.78 is 5.63. The highest BCUT2D eigenvalue weighted by Crippen LogP contribution is 2.32. The number of carbonyl (C=O) groups is 3. The minimum absolute atomic E-state index is 0.0419. The van der Waals surface area contributed by atoms with E-state index >= 15 is 0 Å². The lowest BCUT2D eigenvalue weighted by Gasteiger charge is -2.14. The normalized spacial score (nSPS) is 15.0. The van der Waals surface area contributed by atoms with Gasteiger partial charge in [-0.1, -0.05) is 24.0 Å². The molecule has 0 aliphatic carbocycles. The van der Waals surface area contributed by atoms with Crippen LogP contribution in [0.15, 0.2) is 52.0 Å². The summed E-state index contributed by atoms with van der Waals surface area (Å²) in [5, 5.41) is 9.21. The van der Waals surface area contributed by atoms with Crippen molar-refractivity contribution >= 4 is 52.1 Å². The average molecular weight is 431 g/mol. The van der Waals surface area contributed by atoms with E-state index in [2.05, 4.69) is 10.9 Å². The van der Waals surface area contributed by atoms with Crippen molar-refractivity contribution in [1.29, 1.82) is 0 Å². The molecular formula is C19H17N3O5S2. The zero-order valence-electron chi connectivity index (χ0n) is 15.1. The molecule has 1 saturated heterocycles. The quantitative estimate of drug-likeness (QED) is 0.366. The van der Waals surface area contributed by atoms with Gasteiger partial charge in [0.1, 0.15) is 15.8 Å². The molecular weight excluding hydrogens is 414 g/mol. The maximum atomic E-state index is 12.4. The van der Waals surface area contributed by atoms with Crippen molar-refractivity contribution < 1.29 is 23.9 Å². The fourth-order valence-corrected chi connectivity index (χ4v) is 3.76. The molecule has 29 heavy (non-hydrogen) atoms. The second-order valence-corrected chi connectivity index (χ2v) is 7.68. The summed E-state index contributed by atoms with van der Waals surface area (Å²) in [6.07, 6.45) is 3.63. The van der Waals surface area contributed by atoms with Crippen molar-refractivity contribution in [3.8, 4) is 5.75 Å². The van der Waals surface area contributed by atoms with Gasteiger partial charge in [0.25, 0.3) is 11.8 Å². The Kier molecular flexibility index (Phi) is 6.68. The fraction of sp³-hybridized carbons (Fsp3) is 0.158. The SMILES string of the molecule is O=C(CCCN1C(=O)C(=Cc2ccco2)SC1=S)NNC(=O)c1ccc(O)cc1. The largest absolute Gasteiger partial charge is 0.508 e. The van der Waals surface area contributed by atoms with Crippen LogP contribution in [0.1, 0.15) is 29.0 Å². The number of nitrogens with one attached hydrogen (secondary N) is 2. The van der Waals surface area contributed by atoms with Gasteiger partial charge in [-0.3, -0.25) is 30.1 Å². The van der Waals surface area contributed by atoms with Crippen molar-refractivity contribution in [3.05, 3.63) is 58.9 Å². The molecule has 1 aromatic carbocycles. The maximum absolute atomic E-state index is 12.4. The minimum atomic E-state index is -0.502. The highest BCUT2D eigenvalue weighted by atomic mass is 32.2. The van der Waals surface area contributed by atoms with Gasteiger partial charge >= 0.3 is 0 Å². The third-order valence-electron chi connectivity index (χ3n) is 3.92. The molecule has 3 rings (SSSR count). The molecule has 0 unspecified atom stereocenters. The molecule has 1 aliphatic rings. The zero-order chi connectivity index (χ0) is 20.8. The van der Waals surface area contributed by atoms with Gasteiger partial charge in [0, 0.05) is 24.6 Å². The first-order valence-electron chi connectivity index (χ1n) is 8.61. The van der Waals surface area contributed by atoms with E-state index in [0.717, 1.165) is 0 Å². The molecule has 150 valence electrons. The van der Waals surface area contributed by atoms with E-state index in [1.54, 1.807) is 18.2 Å². The molecule has 1 aliphatic heterocycles. The fourth-order valence-electron chi connectivity index (χ4n) is 2.47. The number of hydrogen-bond acceptors (Lipinski definition) is 7. The first kappa shape index (κ1) is 20.6. The Hall–Kier alpha value is -3.11. The van der Waals surface area contributed by atoms with Gasteiger partial charge in [0.15, 0.2) is 0 Å². The third kappa shape index (κ3) is 5.46. The van der Waals surface area contributed by atoms with Gasteiger partial charge in [-0.25, -0.2) is 0 Å². The van der Waals surface area contributed by atoms with Crippen LogP contribution in [0.25, 0.3) is 6.08 Å². The highest BCUT2D eigenvalue weighted by molar-refractivity contribution is 8.26. The number of phenols is 1. The van der Waals surface area contributed by atoms with Gasteiger partial charge in [0.05, 0.1) is 11.2 Å². The predicted molar refractivity (Wildman–Crippen MR) is 112 cm³/mol. The van der Waals surface area contributed by atoms with Crippen molar-refractivity contribution in [2.75, 3.05) is 6.54 Å². The van der Waals surface area contributed by atoms with Gasteiger partial charge in [-0.2, -0.15) is 0 Å². The summed E-state index contributed by atoms with van der Waals surface area (Å²) in [6.45, 7) is 0.291. The van der Waals surface area contributed by atoms with Crippen LogP contribution in [0.4, 0.5) is 0 Å². The summed E-state index contributed by atoms with van der Waals surface area (Å²) >= 11 is 6.42. The van der Waals surface area contributed by atoms with E-state index in [1.807, 2.05) is 0 Å². The summed E-state index contributed by atoms with van der Waals surface area (Å²) in [4.78, 5) is 38.2. The van der Waals surface area contributed by atoms with E-state index in [0.29, 0.717) is 33.5 Å². The average Bonchev–Trinajstić information content (AvgIpc) is 3.30. The molecule has 0 spiro atoms. The van der Waals surface area contributed by atoms with Gasteiger partial charge in [-0.05, 0) is 42.8 Å². The van der Waals surface area contributed by atoms with Crippen molar-refractivity contribution in [1.82, 2.24) is 15.8 Å². The first-order chi connectivity index (χ1) is 13.9. The van der Waals surface area contributed by atoms with Crippen molar-refractivity contribution in [2.24, 2.45) is 0 Å². The van der Waals surface area contributed by atoms with Crippen LogP contribution in [0.3, 0.4) is 0 Å². The Morgan fingerprint density at radius 2 is 1.97 bits per heavy atom. The zero-order valence-corrected chi connectivity index (χ0v) is 16.7. The lowest BCUT2D eigenvalue weighted by Crippen LogP contribution is -2.41. The molecule has 0 saturated carbocycles. The van der Waals surface area contributed by atoms with Crippen LogP contribution < -0.4 is 10.9 Å². The van der Waals surface area contributed by atoms with E-state index in [9.17, 15) is 19.5 Å². The molecule has 3 N–H and O–H groups in total. The molecule has 1 fully saturated rings. The van der Waals surface area contributed by atoms with E-state index < -0.39 is 11.8 Å². The predicted octanol–water partition coefficient (Wildman–Crippen LogP) is 2.43. The molecule has 0 atom stereocenters. The van der Waals surface area contributed by atoms with E-state index in [1.165, 1.54) is 47.2 Å². The molecule has 2 aromatic rings. The number of phenolic OH excluding ortho intramolecular Hbond substituents is 1. The number of amides is 3. The molecule has 2 heterocycles. The smallest absolute Gasteiger partial charge is 0.269 e. The Balaban J connectivity index is 1.43. The third-order valence-corrected chi connectivity index (χ3v) is 5.30. The second-order valence-electron chi connectivity index (χ2n) is 6.00. The highest BCUT2D eigenvalue weighted by Gasteiger charge is 2.31. The number of nitrogens with zero attached hydrogens (tertiary/aromatic N) is 1. The van der Waals surface area contributed by atoms with Gasteiger partial charge in [0.2, 0.25) is 5.91 Å².